The Morgan fingerprint density at radius 1 is 1.14 bits per heavy atom. The van der Waals surface area contributed by atoms with Crippen molar-refractivity contribution in [3.8, 4) is 17.2 Å². The Morgan fingerprint density at radius 3 is 2.64 bits per heavy atom. The molecule has 0 radical (unpaired) electrons. The molecule has 0 spiro atoms. The van der Waals surface area contributed by atoms with Crippen molar-refractivity contribution >= 4 is 11.6 Å². The molecule has 0 unspecified atom stereocenters. The van der Waals surface area contributed by atoms with Gasteiger partial charge in [-0.3, -0.25) is 14.2 Å². The maximum absolute atomic E-state index is 15.4. The van der Waals surface area contributed by atoms with E-state index in [0.717, 1.165) is 12.1 Å². The van der Waals surface area contributed by atoms with Crippen molar-refractivity contribution in [2.45, 2.75) is 57.9 Å². The first-order valence-electron chi connectivity index (χ1n) is 12.3. The Hall–Kier alpha value is -4.12. The largest absolute Gasteiger partial charge is 0.300 e. The summed E-state index contributed by atoms with van der Waals surface area (Å²) in [5.41, 5.74) is 3.17. The highest BCUT2D eigenvalue weighted by molar-refractivity contribution is 5.79. The lowest BCUT2D eigenvalue weighted by molar-refractivity contribution is -0.120. The number of ketones is 1. The van der Waals surface area contributed by atoms with Gasteiger partial charge in [-0.2, -0.15) is 15.3 Å². The van der Waals surface area contributed by atoms with E-state index >= 15 is 4.39 Å². The summed E-state index contributed by atoms with van der Waals surface area (Å²) in [6, 6.07) is 14.0. The lowest BCUT2D eigenvalue weighted by Gasteiger charge is -2.25. The molecule has 1 fully saturated rings. The highest BCUT2D eigenvalue weighted by Crippen LogP contribution is 2.29. The highest BCUT2D eigenvalue weighted by atomic mass is 19.1. The minimum atomic E-state index is -0.435. The highest BCUT2D eigenvalue weighted by Gasteiger charge is 2.27. The first kappa shape index (κ1) is 23.6. The summed E-state index contributed by atoms with van der Waals surface area (Å²) < 4.78 is 18.8. The molecule has 0 amide bonds. The zero-order valence-electron chi connectivity index (χ0n) is 20.1. The van der Waals surface area contributed by atoms with E-state index in [1.54, 1.807) is 39.4 Å². The fraction of sp³-hybridized carbons (Fsp3) is 0.321. The van der Waals surface area contributed by atoms with Crippen LogP contribution >= 0.6 is 0 Å². The molecule has 0 saturated heterocycles. The van der Waals surface area contributed by atoms with Crippen LogP contribution in [0.4, 0.5) is 4.39 Å². The number of aryl methyl sites for hydroxylation is 1. The topological polar surface area (TPSA) is 93.0 Å². The number of rotatable bonds is 6. The number of carbonyl (C=O) groups is 1. The number of fused-ring (bicyclic) bond motifs is 1. The molecule has 1 aliphatic carbocycles. The third-order valence-corrected chi connectivity index (χ3v) is 6.97. The molecule has 2 aromatic heterocycles. The predicted molar refractivity (Wildman–Crippen MR) is 133 cm³/mol. The van der Waals surface area contributed by atoms with Crippen LogP contribution in [0.25, 0.3) is 16.9 Å². The van der Waals surface area contributed by atoms with E-state index in [1.807, 2.05) is 13.0 Å². The molecule has 182 valence electrons. The van der Waals surface area contributed by atoms with E-state index in [4.69, 9.17) is 0 Å². The summed E-state index contributed by atoms with van der Waals surface area (Å²) in [4.78, 5) is 30.1. The van der Waals surface area contributed by atoms with Gasteiger partial charge in [0, 0.05) is 30.9 Å². The number of hydrogen-bond acceptors (Lipinski definition) is 5. The maximum atomic E-state index is 15.4. The van der Waals surface area contributed by atoms with Crippen LogP contribution in [0, 0.1) is 17.1 Å². The average Bonchev–Trinajstić information content (AvgIpc) is 3.37. The third kappa shape index (κ3) is 4.22. The Bertz CT molecular complexity index is 1550. The van der Waals surface area contributed by atoms with Crippen LogP contribution < -0.4 is 5.56 Å². The fourth-order valence-electron chi connectivity index (χ4n) is 5.14. The predicted octanol–water partition coefficient (Wildman–Crippen LogP) is 4.80. The van der Waals surface area contributed by atoms with Crippen molar-refractivity contribution in [2.24, 2.45) is 0 Å². The number of halogens is 1. The number of aromatic nitrogens is 4. The van der Waals surface area contributed by atoms with Gasteiger partial charge in [0.2, 0.25) is 5.78 Å². The van der Waals surface area contributed by atoms with Gasteiger partial charge >= 0.3 is 0 Å². The monoisotopic (exact) mass is 483 g/mol. The molecule has 7 nitrogen and oxygen atoms in total. The van der Waals surface area contributed by atoms with Crippen molar-refractivity contribution in [2.75, 3.05) is 0 Å². The Balaban J connectivity index is 1.60. The summed E-state index contributed by atoms with van der Waals surface area (Å²) in [7, 11) is 0. The first-order valence-corrected chi connectivity index (χ1v) is 12.3. The second-order valence-corrected chi connectivity index (χ2v) is 9.23. The maximum Gasteiger partial charge on any atom is 0.259 e. The first-order chi connectivity index (χ1) is 17.5. The molecule has 0 aliphatic heterocycles. The number of Topliss-reactive ketones (excluding diaryl/α,β-unsaturated/α-hetero) is 1. The molecule has 0 N–H and O–H groups in total. The average molecular weight is 484 g/mol. The molecule has 0 bridgehead atoms. The van der Waals surface area contributed by atoms with Gasteiger partial charge in [-0.15, -0.1) is 0 Å². The third-order valence-electron chi connectivity index (χ3n) is 6.97. The Kier molecular flexibility index (Phi) is 6.47. The van der Waals surface area contributed by atoms with E-state index in [9.17, 15) is 14.9 Å². The van der Waals surface area contributed by atoms with Crippen LogP contribution in [0.3, 0.4) is 0 Å². The summed E-state index contributed by atoms with van der Waals surface area (Å²) in [5, 5.41) is 13.8. The second kappa shape index (κ2) is 9.86. The normalized spacial score (nSPS) is 14.3. The van der Waals surface area contributed by atoms with Gasteiger partial charge in [0.25, 0.3) is 5.56 Å². The molecule has 0 atom stereocenters. The summed E-state index contributed by atoms with van der Waals surface area (Å²) in [6.45, 7) is 2.02. The molecule has 1 saturated carbocycles. The number of nitrogens with zero attached hydrogens (tertiary/aromatic N) is 5. The Labute approximate surface area is 207 Å². The van der Waals surface area contributed by atoms with Crippen LogP contribution in [-0.2, 0) is 17.6 Å². The van der Waals surface area contributed by atoms with E-state index in [1.165, 1.54) is 12.4 Å². The van der Waals surface area contributed by atoms with Gasteiger partial charge < -0.3 is 0 Å². The van der Waals surface area contributed by atoms with Crippen molar-refractivity contribution < 1.29 is 9.18 Å². The summed E-state index contributed by atoms with van der Waals surface area (Å²) in [6.07, 6.45) is 4.96. The molecule has 8 heteroatoms. The van der Waals surface area contributed by atoms with Gasteiger partial charge in [-0.1, -0.05) is 43.7 Å². The zero-order valence-corrected chi connectivity index (χ0v) is 20.1. The van der Waals surface area contributed by atoms with E-state index in [0.29, 0.717) is 65.7 Å². The van der Waals surface area contributed by atoms with Gasteiger partial charge in [0.15, 0.2) is 0 Å². The van der Waals surface area contributed by atoms with Crippen molar-refractivity contribution in [3.63, 3.8) is 0 Å². The summed E-state index contributed by atoms with van der Waals surface area (Å²) in [5.74, 6) is 0.241. The molecule has 2 heterocycles. The molecule has 1 aliphatic rings. The van der Waals surface area contributed by atoms with Crippen LogP contribution in [0.15, 0.2) is 53.6 Å². The molecule has 4 aromatic rings. The standard InChI is InChI=1S/C28H26FN5O2/c1-2-5-26-24(14-19-9-8-18(15-25(19)29)23-7-4-3-6-20(23)16-30)27(36)33(28-31-17-32-34(26)28)21-10-12-22(35)13-11-21/h3-4,6-9,15,17,21H,2,5,10-14H2,1H3. The van der Waals surface area contributed by atoms with Gasteiger partial charge in [-0.05, 0) is 48.1 Å². The van der Waals surface area contributed by atoms with Gasteiger partial charge in [-0.25, -0.2) is 8.91 Å². The number of hydrogen-bond donors (Lipinski definition) is 0. The van der Waals surface area contributed by atoms with Crippen LogP contribution in [0.5, 0.6) is 0 Å². The lowest BCUT2D eigenvalue weighted by Crippen LogP contribution is -2.34. The molecule has 5 rings (SSSR count). The fourth-order valence-corrected chi connectivity index (χ4v) is 5.14. The number of nitriles is 1. The molecular formula is C28H26FN5O2. The summed E-state index contributed by atoms with van der Waals surface area (Å²) >= 11 is 0. The minimum absolute atomic E-state index is 0.113. The van der Waals surface area contributed by atoms with Gasteiger partial charge in [0.05, 0.1) is 17.3 Å². The van der Waals surface area contributed by atoms with Crippen molar-refractivity contribution in [3.05, 3.63) is 87.3 Å². The van der Waals surface area contributed by atoms with Gasteiger partial charge in [0.1, 0.15) is 17.9 Å². The number of benzene rings is 2. The number of carbonyl (C=O) groups excluding carboxylic acids is 1. The Morgan fingerprint density at radius 2 is 1.92 bits per heavy atom. The second-order valence-electron chi connectivity index (χ2n) is 9.23. The SMILES string of the molecule is CCCc1c(Cc2ccc(-c3ccccc3C#N)cc2F)c(=O)n(C2CCC(=O)CC2)c2ncnn12. The minimum Gasteiger partial charge on any atom is -0.300 e. The van der Waals surface area contributed by atoms with E-state index in [2.05, 4.69) is 16.2 Å². The quantitative estimate of drug-likeness (QED) is 0.393. The molecular weight excluding hydrogens is 457 g/mol. The molecule has 36 heavy (non-hydrogen) atoms. The molecule has 2 aromatic carbocycles. The van der Waals surface area contributed by atoms with E-state index in [-0.39, 0.29) is 23.8 Å². The van der Waals surface area contributed by atoms with Crippen molar-refractivity contribution in [1.29, 1.82) is 5.26 Å². The van der Waals surface area contributed by atoms with Crippen molar-refractivity contribution in [1.82, 2.24) is 19.2 Å². The zero-order chi connectivity index (χ0) is 25.2. The van der Waals surface area contributed by atoms with Crippen LogP contribution in [-0.4, -0.2) is 24.9 Å². The smallest absolute Gasteiger partial charge is 0.259 e. The van der Waals surface area contributed by atoms with Crippen LogP contribution in [0.1, 0.15) is 67.5 Å². The van der Waals surface area contributed by atoms with E-state index < -0.39 is 5.82 Å². The van der Waals surface area contributed by atoms with Crippen LogP contribution in [0.2, 0.25) is 0 Å². The lowest BCUT2D eigenvalue weighted by atomic mass is 9.93.